The van der Waals surface area contributed by atoms with Gasteiger partial charge in [-0.15, -0.1) is 0 Å². The summed E-state index contributed by atoms with van der Waals surface area (Å²) in [5.41, 5.74) is 2.44. The lowest BCUT2D eigenvalue weighted by molar-refractivity contribution is 0.409. The van der Waals surface area contributed by atoms with Crippen LogP contribution < -0.4 is 14.8 Å². The second-order valence-electron chi connectivity index (χ2n) is 5.02. The number of pyridine rings is 1. The summed E-state index contributed by atoms with van der Waals surface area (Å²) < 4.78 is 24.1. The third-order valence-corrected chi connectivity index (χ3v) is 3.67. The number of aromatic nitrogens is 1. The van der Waals surface area contributed by atoms with Gasteiger partial charge >= 0.3 is 0 Å². The van der Waals surface area contributed by atoms with E-state index in [1.165, 1.54) is 12.1 Å². The molecule has 3 aromatic rings. The van der Waals surface area contributed by atoms with Gasteiger partial charge in [-0.3, -0.25) is 4.98 Å². The predicted octanol–water partition coefficient (Wildman–Crippen LogP) is 4.00. The molecule has 0 amide bonds. The fourth-order valence-electron chi connectivity index (χ4n) is 2.54. The summed E-state index contributed by atoms with van der Waals surface area (Å²) in [6, 6.07) is 12.1. The van der Waals surface area contributed by atoms with Gasteiger partial charge in [0.2, 0.25) is 0 Å². The molecule has 0 spiro atoms. The lowest BCUT2D eigenvalue weighted by Gasteiger charge is -2.13. The number of nitrogens with zero attached hydrogens (tertiary/aromatic N) is 1. The molecule has 4 nitrogen and oxygen atoms in total. The highest BCUT2D eigenvalue weighted by atomic mass is 19.1. The number of anilines is 1. The number of benzene rings is 2. The lowest BCUT2D eigenvalue weighted by atomic mass is 10.1. The molecule has 3 rings (SSSR count). The van der Waals surface area contributed by atoms with Crippen molar-refractivity contribution in [2.75, 3.05) is 19.5 Å². The van der Waals surface area contributed by atoms with Gasteiger partial charge in [0.15, 0.2) is 0 Å². The molecule has 2 aromatic carbocycles. The van der Waals surface area contributed by atoms with E-state index in [0.29, 0.717) is 12.3 Å². The van der Waals surface area contributed by atoms with E-state index >= 15 is 0 Å². The van der Waals surface area contributed by atoms with E-state index in [9.17, 15) is 4.39 Å². The minimum atomic E-state index is -0.288. The molecule has 0 atom stereocenters. The van der Waals surface area contributed by atoms with E-state index < -0.39 is 0 Å². The molecule has 0 unspecified atom stereocenters. The van der Waals surface area contributed by atoms with Crippen LogP contribution >= 0.6 is 0 Å². The van der Waals surface area contributed by atoms with Crippen LogP contribution in [-0.4, -0.2) is 19.2 Å². The third-order valence-electron chi connectivity index (χ3n) is 3.67. The Labute approximate surface area is 133 Å². The molecule has 0 radical (unpaired) electrons. The number of hydrogen-bond donors (Lipinski definition) is 1. The molecular formula is C18H17FN2O2. The predicted molar refractivity (Wildman–Crippen MR) is 88.6 cm³/mol. The van der Waals surface area contributed by atoms with Gasteiger partial charge in [0.1, 0.15) is 22.8 Å². The van der Waals surface area contributed by atoms with Gasteiger partial charge in [0, 0.05) is 29.4 Å². The Hall–Kier alpha value is -2.82. The highest BCUT2D eigenvalue weighted by Gasteiger charge is 2.08. The maximum atomic E-state index is 13.5. The van der Waals surface area contributed by atoms with E-state index in [1.54, 1.807) is 26.5 Å². The Bertz CT molecular complexity index is 836. The van der Waals surface area contributed by atoms with Crippen molar-refractivity contribution in [2.45, 2.75) is 6.54 Å². The second-order valence-corrected chi connectivity index (χ2v) is 5.02. The second kappa shape index (κ2) is 6.52. The Kier molecular flexibility index (Phi) is 4.28. The van der Waals surface area contributed by atoms with Crippen LogP contribution in [0.2, 0.25) is 0 Å². The summed E-state index contributed by atoms with van der Waals surface area (Å²) in [5.74, 6) is 1.08. The molecule has 0 aliphatic heterocycles. The molecule has 0 fully saturated rings. The number of fused-ring (bicyclic) bond motifs is 1. The zero-order valence-corrected chi connectivity index (χ0v) is 13.0. The Balaban J connectivity index is 1.92. The highest BCUT2D eigenvalue weighted by molar-refractivity contribution is 5.94. The standard InChI is InChI=1S/C18H17FN2O2/c1-22-16-7-6-13(19)10-12(16)11-21-15-8-9-20-18-14(15)4-3-5-17(18)23-2/h3-10H,11H2,1-2H3,(H,20,21). The maximum Gasteiger partial charge on any atom is 0.145 e. The van der Waals surface area contributed by atoms with Crippen LogP contribution in [-0.2, 0) is 6.54 Å². The molecule has 1 aromatic heterocycles. The van der Waals surface area contributed by atoms with Crippen molar-refractivity contribution in [1.29, 1.82) is 0 Å². The van der Waals surface area contributed by atoms with E-state index in [2.05, 4.69) is 10.3 Å². The monoisotopic (exact) mass is 312 g/mol. The zero-order chi connectivity index (χ0) is 16.2. The molecule has 0 saturated carbocycles. The van der Waals surface area contributed by atoms with Gasteiger partial charge in [-0.25, -0.2) is 4.39 Å². The molecular weight excluding hydrogens is 295 g/mol. The van der Waals surface area contributed by atoms with Crippen LogP contribution in [0.4, 0.5) is 10.1 Å². The van der Waals surface area contributed by atoms with Crippen LogP contribution in [0.5, 0.6) is 11.5 Å². The summed E-state index contributed by atoms with van der Waals surface area (Å²) in [7, 11) is 3.19. The average molecular weight is 312 g/mol. The number of para-hydroxylation sites is 1. The normalized spacial score (nSPS) is 10.6. The largest absolute Gasteiger partial charge is 0.496 e. The summed E-state index contributed by atoms with van der Waals surface area (Å²) in [5, 5.41) is 4.26. The first-order valence-corrected chi connectivity index (χ1v) is 7.21. The van der Waals surface area contributed by atoms with Crippen molar-refractivity contribution in [3.8, 4) is 11.5 Å². The fraction of sp³-hybridized carbons (Fsp3) is 0.167. The molecule has 0 bridgehead atoms. The molecule has 23 heavy (non-hydrogen) atoms. The Morgan fingerprint density at radius 1 is 1.04 bits per heavy atom. The van der Waals surface area contributed by atoms with Crippen molar-refractivity contribution >= 4 is 16.6 Å². The third kappa shape index (κ3) is 3.04. The molecule has 118 valence electrons. The number of ether oxygens (including phenoxy) is 2. The number of methoxy groups -OCH3 is 2. The topological polar surface area (TPSA) is 43.4 Å². The van der Waals surface area contributed by atoms with Crippen LogP contribution in [0.15, 0.2) is 48.7 Å². The van der Waals surface area contributed by atoms with Crippen LogP contribution in [0.1, 0.15) is 5.56 Å². The van der Waals surface area contributed by atoms with E-state index in [4.69, 9.17) is 9.47 Å². The minimum Gasteiger partial charge on any atom is -0.496 e. The van der Waals surface area contributed by atoms with E-state index in [1.807, 2.05) is 24.3 Å². The van der Waals surface area contributed by atoms with E-state index in [0.717, 1.165) is 27.9 Å². The molecule has 0 saturated heterocycles. The smallest absolute Gasteiger partial charge is 0.145 e. The number of halogens is 1. The summed E-state index contributed by atoms with van der Waals surface area (Å²) in [6.45, 7) is 0.442. The van der Waals surface area contributed by atoms with Gasteiger partial charge in [0.05, 0.1) is 14.2 Å². The first-order valence-electron chi connectivity index (χ1n) is 7.21. The minimum absolute atomic E-state index is 0.288. The molecule has 1 heterocycles. The molecule has 1 N–H and O–H groups in total. The van der Waals surface area contributed by atoms with Crippen LogP contribution in [0.25, 0.3) is 10.9 Å². The highest BCUT2D eigenvalue weighted by Crippen LogP contribution is 2.29. The summed E-state index contributed by atoms with van der Waals surface area (Å²) >= 11 is 0. The van der Waals surface area contributed by atoms with Gasteiger partial charge in [-0.1, -0.05) is 12.1 Å². The van der Waals surface area contributed by atoms with Gasteiger partial charge in [-0.05, 0) is 30.3 Å². The average Bonchev–Trinajstić information content (AvgIpc) is 2.59. The Morgan fingerprint density at radius 2 is 1.87 bits per heavy atom. The first-order chi connectivity index (χ1) is 11.2. The summed E-state index contributed by atoms with van der Waals surface area (Å²) in [6.07, 6.45) is 1.72. The fourth-order valence-corrected chi connectivity index (χ4v) is 2.54. The first kappa shape index (κ1) is 15.1. The maximum absolute atomic E-state index is 13.5. The SMILES string of the molecule is COc1ccc(F)cc1CNc1ccnc2c(OC)cccc12. The lowest BCUT2D eigenvalue weighted by Crippen LogP contribution is -2.03. The van der Waals surface area contributed by atoms with Crippen molar-refractivity contribution in [2.24, 2.45) is 0 Å². The molecule has 5 heteroatoms. The summed E-state index contributed by atoms with van der Waals surface area (Å²) in [4.78, 5) is 4.37. The van der Waals surface area contributed by atoms with Crippen molar-refractivity contribution < 1.29 is 13.9 Å². The van der Waals surface area contributed by atoms with Crippen molar-refractivity contribution in [1.82, 2.24) is 4.98 Å². The quantitative estimate of drug-likeness (QED) is 0.773. The Morgan fingerprint density at radius 3 is 2.65 bits per heavy atom. The van der Waals surface area contributed by atoms with Crippen molar-refractivity contribution in [3.63, 3.8) is 0 Å². The number of rotatable bonds is 5. The van der Waals surface area contributed by atoms with Gasteiger partial charge < -0.3 is 14.8 Å². The van der Waals surface area contributed by atoms with Crippen molar-refractivity contribution in [3.05, 3.63) is 60.0 Å². The molecule has 0 aliphatic rings. The van der Waals surface area contributed by atoms with Crippen LogP contribution in [0.3, 0.4) is 0 Å². The van der Waals surface area contributed by atoms with Crippen LogP contribution in [0, 0.1) is 5.82 Å². The van der Waals surface area contributed by atoms with E-state index in [-0.39, 0.29) is 5.82 Å². The number of hydrogen-bond acceptors (Lipinski definition) is 4. The van der Waals surface area contributed by atoms with Gasteiger partial charge in [0.25, 0.3) is 0 Å². The number of nitrogens with one attached hydrogen (secondary N) is 1. The zero-order valence-electron chi connectivity index (χ0n) is 13.0. The molecule has 0 aliphatic carbocycles. The van der Waals surface area contributed by atoms with Gasteiger partial charge in [-0.2, -0.15) is 0 Å².